The van der Waals surface area contributed by atoms with Crippen molar-refractivity contribution in [1.29, 1.82) is 0 Å². The van der Waals surface area contributed by atoms with E-state index < -0.39 is 0 Å². The summed E-state index contributed by atoms with van der Waals surface area (Å²) in [5, 5.41) is 12.1. The molecule has 1 atom stereocenters. The zero-order valence-corrected chi connectivity index (χ0v) is 8.28. The Bertz CT molecular complexity index is 76.5. The number of hydrogen-bond acceptors (Lipinski definition) is 3. The molecule has 3 heteroatoms. The van der Waals surface area contributed by atoms with Crippen molar-refractivity contribution < 1.29 is 5.11 Å². The number of aliphatic hydroxyl groups is 1. The van der Waals surface area contributed by atoms with Crippen LogP contribution in [0.4, 0.5) is 0 Å². The molecule has 0 aromatic heterocycles. The van der Waals surface area contributed by atoms with Crippen LogP contribution in [0.15, 0.2) is 0 Å². The summed E-state index contributed by atoms with van der Waals surface area (Å²) in [4.78, 5) is 0. The molecule has 68 valence electrons. The third-order valence-corrected chi connectivity index (χ3v) is 2.37. The maximum absolute atomic E-state index is 8.81. The summed E-state index contributed by atoms with van der Waals surface area (Å²) in [6.45, 7) is 3.37. The van der Waals surface area contributed by atoms with Gasteiger partial charge in [0, 0.05) is 6.04 Å². The summed E-state index contributed by atoms with van der Waals surface area (Å²) in [6.07, 6.45) is 4.32. The van der Waals surface area contributed by atoms with Crippen LogP contribution in [0.5, 0.6) is 0 Å². The second kappa shape index (κ2) is 8.37. The molecule has 0 unspecified atom stereocenters. The summed E-state index contributed by atoms with van der Waals surface area (Å²) in [5.74, 6) is 1.20. The molecule has 0 aliphatic rings. The van der Waals surface area contributed by atoms with Crippen molar-refractivity contribution in [3.8, 4) is 0 Å². The molecule has 0 aromatic carbocycles. The Hall–Kier alpha value is 0.270. The molecular formula is C8H19NOS. The highest BCUT2D eigenvalue weighted by molar-refractivity contribution is 7.98. The summed E-state index contributed by atoms with van der Waals surface area (Å²) in [5.41, 5.74) is 0. The fourth-order valence-corrected chi connectivity index (χ4v) is 1.29. The monoisotopic (exact) mass is 177 g/mol. The van der Waals surface area contributed by atoms with E-state index in [4.69, 9.17) is 5.11 Å². The molecule has 0 amide bonds. The first-order valence-corrected chi connectivity index (χ1v) is 5.57. The Labute approximate surface area is 73.8 Å². The molecule has 0 aliphatic carbocycles. The second-order valence-corrected chi connectivity index (χ2v) is 3.57. The lowest BCUT2D eigenvalue weighted by Crippen LogP contribution is -2.32. The van der Waals surface area contributed by atoms with E-state index in [2.05, 4.69) is 18.5 Å². The highest BCUT2D eigenvalue weighted by atomic mass is 32.2. The Morgan fingerprint density at radius 2 is 2.27 bits per heavy atom. The van der Waals surface area contributed by atoms with Gasteiger partial charge in [-0.3, -0.25) is 0 Å². The molecule has 0 spiro atoms. The maximum atomic E-state index is 8.81. The van der Waals surface area contributed by atoms with Crippen molar-refractivity contribution in [2.24, 2.45) is 0 Å². The first kappa shape index (κ1) is 11.3. The number of hydrogen-bond donors (Lipinski definition) is 2. The molecule has 2 nitrogen and oxygen atoms in total. The van der Waals surface area contributed by atoms with Gasteiger partial charge in [0.2, 0.25) is 0 Å². The molecule has 0 aliphatic heterocycles. The van der Waals surface area contributed by atoms with E-state index >= 15 is 0 Å². The molecule has 11 heavy (non-hydrogen) atoms. The summed E-state index contributed by atoms with van der Waals surface area (Å²) in [7, 11) is 0. The largest absolute Gasteiger partial charge is 0.395 e. The summed E-state index contributed by atoms with van der Waals surface area (Å²) in [6, 6.07) is 0.303. The Balaban J connectivity index is 3.07. The average molecular weight is 177 g/mol. The van der Waals surface area contributed by atoms with Crippen LogP contribution in [0.1, 0.15) is 19.8 Å². The van der Waals surface area contributed by atoms with Gasteiger partial charge in [-0.05, 0) is 31.4 Å². The highest BCUT2D eigenvalue weighted by Crippen LogP contribution is 1.95. The molecular weight excluding hydrogens is 158 g/mol. The SMILES string of the molecule is CC[C@H](CO)NCCCSC. The summed E-state index contributed by atoms with van der Waals surface area (Å²) >= 11 is 1.87. The van der Waals surface area contributed by atoms with E-state index in [1.54, 1.807) is 0 Å². The Morgan fingerprint density at radius 3 is 2.73 bits per heavy atom. The predicted molar refractivity (Wildman–Crippen MR) is 52.2 cm³/mol. The van der Waals surface area contributed by atoms with Crippen LogP contribution in [-0.4, -0.2) is 36.3 Å². The van der Waals surface area contributed by atoms with Gasteiger partial charge in [-0.1, -0.05) is 6.92 Å². The molecule has 0 bridgehead atoms. The Kier molecular flexibility index (Phi) is 8.57. The van der Waals surface area contributed by atoms with E-state index in [0.29, 0.717) is 6.04 Å². The van der Waals surface area contributed by atoms with E-state index in [1.165, 1.54) is 12.2 Å². The standard InChI is InChI=1S/C8H19NOS/c1-3-8(7-10)9-5-4-6-11-2/h8-10H,3-7H2,1-2H3/t8-/m1/s1. The normalized spacial score (nSPS) is 13.4. The molecule has 0 fully saturated rings. The number of nitrogens with one attached hydrogen (secondary N) is 1. The van der Waals surface area contributed by atoms with Crippen molar-refractivity contribution in [3.05, 3.63) is 0 Å². The van der Waals surface area contributed by atoms with Crippen molar-refractivity contribution in [2.75, 3.05) is 25.2 Å². The van der Waals surface area contributed by atoms with Crippen LogP contribution in [0, 0.1) is 0 Å². The van der Waals surface area contributed by atoms with Gasteiger partial charge >= 0.3 is 0 Å². The summed E-state index contributed by atoms with van der Waals surface area (Å²) < 4.78 is 0. The van der Waals surface area contributed by atoms with Crippen LogP contribution in [0.3, 0.4) is 0 Å². The smallest absolute Gasteiger partial charge is 0.0584 e. The molecule has 0 radical (unpaired) electrons. The van der Waals surface area contributed by atoms with Crippen LogP contribution in [0.25, 0.3) is 0 Å². The van der Waals surface area contributed by atoms with E-state index in [9.17, 15) is 0 Å². The molecule has 0 saturated carbocycles. The van der Waals surface area contributed by atoms with Gasteiger partial charge in [0.15, 0.2) is 0 Å². The highest BCUT2D eigenvalue weighted by Gasteiger charge is 2.00. The quantitative estimate of drug-likeness (QED) is 0.571. The van der Waals surface area contributed by atoms with Crippen LogP contribution in [0.2, 0.25) is 0 Å². The molecule has 0 aromatic rings. The van der Waals surface area contributed by atoms with Crippen molar-refractivity contribution in [1.82, 2.24) is 5.32 Å². The minimum absolute atomic E-state index is 0.260. The van der Waals surface area contributed by atoms with Crippen molar-refractivity contribution in [3.63, 3.8) is 0 Å². The van der Waals surface area contributed by atoms with E-state index in [0.717, 1.165) is 13.0 Å². The lowest BCUT2D eigenvalue weighted by molar-refractivity contribution is 0.239. The topological polar surface area (TPSA) is 32.3 Å². The Morgan fingerprint density at radius 1 is 1.55 bits per heavy atom. The first-order chi connectivity index (χ1) is 5.35. The number of aliphatic hydroxyl groups excluding tert-OH is 1. The zero-order chi connectivity index (χ0) is 8.53. The first-order valence-electron chi connectivity index (χ1n) is 4.18. The molecule has 2 N–H and O–H groups in total. The number of rotatable bonds is 7. The lowest BCUT2D eigenvalue weighted by atomic mass is 10.2. The fourth-order valence-electron chi connectivity index (χ4n) is 0.861. The van der Waals surface area contributed by atoms with Gasteiger partial charge in [0.25, 0.3) is 0 Å². The molecule has 0 heterocycles. The number of thioether (sulfide) groups is 1. The minimum atomic E-state index is 0.260. The van der Waals surface area contributed by atoms with Gasteiger partial charge in [0.1, 0.15) is 0 Å². The van der Waals surface area contributed by atoms with Crippen molar-refractivity contribution in [2.45, 2.75) is 25.8 Å². The zero-order valence-electron chi connectivity index (χ0n) is 7.47. The van der Waals surface area contributed by atoms with E-state index in [1.807, 2.05) is 11.8 Å². The van der Waals surface area contributed by atoms with Crippen LogP contribution >= 0.6 is 11.8 Å². The van der Waals surface area contributed by atoms with Crippen LogP contribution < -0.4 is 5.32 Å². The third kappa shape index (κ3) is 6.66. The maximum Gasteiger partial charge on any atom is 0.0584 e. The van der Waals surface area contributed by atoms with Crippen LogP contribution in [-0.2, 0) is 0 Å². The fraction of sp³-hybridized carbons (Fsp3) is 1.00. The lowest BCUT2D eigenvalue weighted by Gasteiger charge is -2.12. The average Bonchev–Trinajstić information content (AvgIpc) is 2.05. The van der Waals surface area contributed by atoms with Gasteiger partial charge in [-0.25, -0.2) is 0 Å². The molecule has 0 rings (SSSR count). The third-order valence-electron chi connectivity index (χ3n) is 1.67. The minimum Gasteiger partial charge on any atom is -0.395 e. The second-order valence-electron chi connectivity index (χ2n) is 2.59. The molecule has 0 saturated heterocycles. The van der Waals surface area contributed by atoms with E-state index in [-0.39, 0.29) is 6.61 Å². The van der Waals surface area contributed by atoms with Crippen molar-refractivity contribution >= 4 is 11.8 Å². The predicted octanol–water partition coefficient (Wildman–Crippen LogP) is 1.10. The van der Waals surface area contributed by atoms with Gasteiger partial charge < -0.3 is 10.4 Å². The van der Waals surface area contributed by atoms with Gasteiger partial charge in [-0.2, -0.15) is 11.8 Å². The van der Waals surface area contributed by atoms with Gasteiger partial charge in [0.05, 0.1) is 6.61 Å². The van der Waals surface area contributed by atoms with Gasteiger partial charge in [-0.15, -0.1) is 0 Å².